The number of carbonyl (C=O) groups is 1. The van der Waals surface area contributed by atoms with E-state index < -0.39 is 0 Å². The fourth-order valence-corrected chi connectivity index (χ4v) is 2.01. The molecule has 0 aliphatic carbocycles. The molecule has 2 aromatic heterocycles. The molecule has 90 valence electrons. The van der Waals surface area contributed by atoms with Crippen LogP contribution in [0.2, 0.25) is 0 Å². The number of hydrogen-bond acceptors (Lipinski definition) is 5. The Bertz CT molecular complexity index is 479. The highest BCUT2D eigenvalue weighted by Crippen LogP contribution is 2.14. The quantitative estimate of drug-likeness (QED) is 0.482. The first-order valence-corrected chi connectivity index (χ1v) is 5.86. The molecule has 0 spiro atoms. The zero-order valence-corrected chi connectivity index (χ0v) is 9.83. The topological polar surface area (TPSA) is 77.5 Å². The number of nitrogen functional groups attached to an aromatic ring is 1. The van der Waals surface area contributed by atoms with Gasteiger partial charge < -0.3 is 9.15 Å². The molecule has 17 heavy (non-hydrogen) atoms. The van der Waals surface area contributed by atoms with Gasteiger partial charge in [0.25, 0.3) is 5.91 Å². The van der Waals surface area contributed by atoms with E-state index in [0.29, 0.717) is 17.9 Å². The van der Waals surface area contributed by atoms with E-state index in [0.717, 1.165) is 4.88 Å². The van der Waals surface area contributed by atoms with Crippen molar-refractivity contribution in [3.63, 3.8) is 0 Å². The highest BCUT2D eigenvalue weighted by molar-refractivity contribution is 7.09. The number of hydrazine groups is 1. The van der Waals surface area contributed by atoms with E-state index in [9.17, 15) is 4.79 Å². The number of nitrogens with two attached hydrogens (primary N) is 1. The predicted octanol–water partition coefficient (Wildman–Crippen LogP) is 1.66. The van der Waals surface area contributed by atoms with Crippen molar-refractivity contribution in [3.8, 4) is 0 Å². The van der Waals surface area contributed by atoms with Gasteiger partial charge in [-0.25, -0.2) is 5.84 Å². The lowest BCUT2D eigenvalue weighted by molar-refractivity contribution is 0.0880. The fourth-order valence-electron chi connectivity index (χ4n) is 1.37. The highest BCUT2D eigenvalue weighted by atomic mass is 32.1. The largest absolute Gasteiger partial charge is 0.466 e. The SMILES string of the molecule is NNC(=O)c1ccoc1COCc1cccs1. The Balaban J connectivity index is 1.91. The Labute approximate surface area is 102 Å². The molecule has 2 aromatic rings. The van der Waals surface area contributed by atoms with E-state index >= 15 is 0 Å². The van der Waals surface area contributed by atoms with Gasteiger partial charge in [0.05, 0.1) is 18.4 Å². The number of furan rings is 1. The molecule has 3 N–H and O–H groups in total. The molecule has 0 bridgehead atoms. The smallest absolute Gasteiger partial charge is 0.268 e. The molecule has 0 unspecified atom stereocenters. The van der Waals surface area contributed by atoms with Crippen LogP contribution < -0.4 is 11.3 Å². The summed E-state index contributed by atoms with van der Waals surface area (Å²) in [5, 5.41) is 1.99. The van der Waals surface area contributed by atoms with E-state index in [-0.39, 0.29) is 12.5 Å². The third-order valence-electron chi connectivity index (χ3n) is 2.18. The van der Waals surface area contributed by atoms with E-state index in [4.69, 9.17) is 15.0 Å². The van der Waals surface area contributed by atoms with E-state index in [1.807, 2.05) is 17.5 Å². The van der Waals surface area contributed by atoms with Crippen LogP contribution in [0.25, 0.3) is 0 Å². The summed E-state index contributed by atoms with van der Waals surface area (Å²) >= 11 is 1.62. The lowest BCUT2D eigenvalue weighted by atomic mass is 10.2. The summed E-state index contributed by atoms with van der Waals surface area (Å²) in [5.41, 5.74) is 2.46. The highest BCUT2D eigenvalue weighted by Gasteiger charge is 2.13. The van der Waals surface area contributed by atoms with E-state index in [1.54, 1.807) is 17.4 Å². The summed E-state index contributed by atoms with van der Waals surface area (Å²) in [5.74, 6) is 5.15. The van der Waals surface area contributed by atoms with Crippen LogP contribution in [-0.4, -0.2) is 5.91 Å². The molecule has 0 saturated carbocycles. The van der Waals surface area contributed by atoms with Gasteiger partial charge in [-0.3, -0.25) is 10.2 Å². The van der Waals surface area contributed by atoms with Crippen molar-refractivity contribution >= 4 is 17.2 Å². The fraction of sp³-hybridized carbons (Fsp3) is 0.182. The Morgan fingerprint density at radius 2 is 2.35 bits per heavy atom. The minimum absolute atomic E-state index is 0.244. The normalized spacial score (nSPS) is 10.4. The number of nitrogens with one attached hydrogen (secondary N) is 1. The summed E-state index contributed by atoms with van der Waals surface area (Å²) in [6, 6.07) is 5.51. The average Bonchev–Trinajstić information content (AvgIpc) is 2.99. The van der Waals surface area contributed by atoms with Crippen molar-refractivity contribution < 1.29 is 13.9 Å². The lowest BCUT2D eigenvalue weighted by Gasteiger charge is -2.02. The molecular weight excluding hydrogens is 240 g/mol. The number of hydrogen-bond donors (Lipinski definition) is 2. The number of carbonyl (C=O) groups excluding carboxylic acids is 1. The van der Waals surface area contributed by atoms with Gasteiger partial charge in [0, 0.05) is 4.88 Å². The van der Waals surface area contributed by atoms with Gasteiger partial charge in [-0.15, -0.1) is 11.3 Å². The Morgan fingerprint density at radius 3 is 3.06 bits per heavy atom. The van der Waals surface area contributed by atoms with Gasteiger partial charge in [-0.1, -0.05) is 6.07 Å². The van der Waals surface area contributed by atoms with Gasteiger partial charge in [0.15, 0.2) is 0 Å². The molecule has 1 amide bonds. The predicted molar refractivity (Wildman–Crippen MR) is 63.2 cm³/mol. The summed E-state index contributed by atoms with van der Waals surface area (Å²) in [7, 11) is 0. The van der Waals surface area contributed by atoms with Gasteiger partial charge in [-0.05, 0) is 17.5 Å². The first kappa shape index (κ1) is 11.8. The van der Waals surface area contributed by atoms with Gasteiger partial charge in [0.2, 0.25) is 0 Å². The van der Waals surface area contributed by atoms with Crippen LogP contribution in [0.3, 0.4) is 0 Å². The van der Waals surface area contributed by atoms with Gasteiger partial charge in [-0.2, -0.15) is 0 Å². The summed E-state index contributed by atoms with van der Waals surface area (Å²) in [6.45, 7) is 0.746. The second-order valence-corrected chi connectivity index (χ2v) is 4.34. The van der Waals surface area contributed by atoms with Crippen LogP contribution in [0.4, 0.5) is 0 Å². The molecule has 0 fully saturated rings. The van der Waals surface area contributed by atoms with Crippen LogP contribution in [0.15, 0.2) is 34.3 Å². The van der Waals surface area contributed by atoms with Crippen LogP contribution in [0.1, 0.15) is 21.0 Å². The maximum absolute atomic E-state index is 11.3. The van der Waals surface area contributed by atoms with Gasteiger partial charge in [0.1, 0.15) is 12.4 Å². The summed E-state index contributed by atoms with van der Waals surface area (Å²) < 4.78 is 10.6. The van der Waals surface area contributed by atoms with Crippen LogP contribution in [-0.2, 0) is 18.0 Å². The number of thiophene rings is 1. The lowest BCUT2D eigenvalue weighted by Crippen LogP contribution is -2.30. The zero-order chi connectivity index (χ0) is 12.1. The molecule has 2 rings (SSSR count). The summed E-state index contributed by atoms with van der Waals surface area (Å²) in [6.07, 6.45) is 1.44. The number of ether oxygens (including phenoxy) is 1. The average molecular weight is 252 g/mol. The minimum atomic E-state index is -0.381. The molecular formula is C11H12N2O3S. The van der Waals surface area contributed by atoms with Crippen molar-refractivity contribution in [1.29, 1.82) is 0 Å². The number of rotatable bonds is 5. The third kappa shape index (κ3) is 2.94. The maximum atomic E-state index is 11.3. The van der Waals surface area contributed by atoms with Crippen LogP contribution in [0, 0.1) is 0 Å². The Kier molecular flexibility index (Phi) is 3.92. The van der Waals surface area contributed by atoms with E-state index in [1.165, 1.54) is 6.26 Å². The molecule has 2 heterocycles. The van der Waals surface area contributed by atoms with Crippen molar-refractivity contribution in [2.45, 2.75) is 13.2 Å². The van der Waals surface area contributed by atoms with Crippen molar-refractivity contribution in [2.75, 3.05) is 0 Å². The van der Waals surface area contributed by atoms with Crippen molar-refractivity contribution in [1.82, 2.24) is 5.43 Å². The molecule has 0 aliphatic rings. The summed E-state index contributed by atoms with van der Waals surface area (Å²) in [4.78, 5) is 12.5. The molecule has 0 atom stereocenters. The minimum Gasteiger partial charge on any atom is -0.466 e. The Hall–Kier alpha value is -1.63. The molecule has 0 saturated heterocycles. The third-order valence-corrected chi connectivity index (χ3v) is 3.03. The maximum Gasteiger partial charge on any atom is 0.268 e. The molecule has 0 radical (unpaired) electrons. The van der Waals surface area contributed by atoms with E-state index in [2.05, 4.69) is 5.43 Å². The molecule has 0 aliphatic heterocycles. The monoisotopic (exact) mass is 252 g/mol. The van der Waals surface area contributed by atoms with Crippen molar-refractivity contribution in [2.24, 2.45) is 5.84 Å². The number of amides is 1. The second-order valence-electron chi connectivity index (χ2n) is 3.30. The van der Waals surface area contributed by atoms with Crippen molar-refractivity contribution in [3.05, 3.63) is 46.0 Å². The Morgan fingerprint density at radius 1 is 1.47 bits per heavy atom. The van der Waals surface area contributed by atoms with Crippen LogP contribution in [0.5, 0.6) is 0 Å². The molecule has 6 heteroatoms. The van der Waals surface area contributed by atoms with Crippen LogP contribution >= 0.6 is 11.3 Å². The standard InChI is InChI=1S/C11H12N2O3S/c12-13-11(14)9-3-4-16-10(9)7-15-6-8-2-1-5-17-8/h1-5H,6-7,12H2,(H,13,14). The molecule has 0 aromatic carbocycles. The molecule has 5 nitrogen and oxygen atoms in total. The first-order valence-electron chi connectivity index (χ1n) is 4.98. The second kappa shape index (κ2) is 5.62. The first-order chi connectivity index (χ1) is 8.31. The van der Waals surface area contributed by atoms with Gasteiger partial charge >= 0.3 is 0 Å². The zero-order valence-electron chi connectivity index (χ0n) is 9.01.